The van der Waals surface area contributed by atoms with Gasteiger partial charge in [-0.1, -0.05) is 49.7 Å². The van der Waals surface area contributed by atoms with E-state index < -0.39 is 0 Å². The van der Waals surface area contributed by atoms with Crippen LogP contribution in [0.5, 0.6) is 0 Å². The Labute approximate surface area is 118 Å². The van der Waals surface area contributed by atoms with Crippen molar-refractivity contribution in [3.05, 3.63) is 35.5 Å². The minimum atomic E-state index is 0.531. The second kappa shape index (κ2) is 6.73. The molecule has 0 saturated heterocycles. The molecular weight excluding hydrogens is 260 g/mol. The van der Waals surface area contributed by atoms with Crippen LogP contribution in [0.2, 0.25) is 5.15 Å². The number of pyridine rings is 1. The third-order valence-corrected chi connectivity index (χ3v) is 2.99. The van der Waals surface area contributed by atoms with Crippen LogP contribution in [-0.2, 0) is 4.74 Å². The highest BCUT2D eigenvalue weighted by molar-refractivity contribution is 6.34. The lowest BCUT2D eigenvalue weighted by atomic mass is 10.2. The number of fused-ring (bicyclic) bond motifs is 1. The van der Waals surface area contributed by atoms with Crippen LogP contribution in [0.4, 0.5) is 5.82 Å². The Morgan fingerprint density at radius 3 is 2.89 bits per heavy atom. The number of rotatable bonds is 6. The van der Waals surface area contributed by atoms with E-state index in [9.17, 15) is 0 Å². The molecule has 0 radical (unpaired) electrons. The molecule has 19 heavy (non-hydrogen) atoms. The Hall–Kier alpha value is -1.32. The molecule has 4 heteroatoms. The molecule has 0 amide bonds. The number of ether oxygens (including phenoxy) is 1. The molecule has 0 saturated carbocycles. The second-order valence-corrected chi connectivity index (χ2v) is 5.27. The topological polar surface area (TPSA) is 34.1 Å². The van der Waals surface area contributed by atoms with Gasteiger partial charge in [-0.25, -0.2) is 4.98 Å². The number of nitrogens with zero attached hydrogens (tertiary/aromatic N) is 1. The van der Waals surface area contributed by atoms with Gasteiger partial charge in [-0.15, -0.1) is 0 Å². The number of benzene rings is 1. The van der Waals surface area contributed by atoms with Crippen molar-refractivity contribution in [1.29, 1.82) is 0 Å². The Morgan fingerprint density at radius 1 is 1.32 bits per heavy atom. The molecule has 1 aromatic heterocycles. The number of hydrogen-bond acceptors (Lipinski definition) is 3. The van der Waals surface area contributed by atoms with Crippen LogP contribution in [0, 0.1) is 5.92 Å². The minimum Gasteiger partial charge on any atom is -0.379 e. The Kier molecular flexibility index (Phi) is 5.00. The monoisotopic (exact) mass is 278 g/mol. The molecule has 1 heterocycles. The van der Waals surface area contributed by atoms with E-state index in [4.69, 9.17) is 16.3 Å². The van der Waals surface area contributed by atoms with E-state index in [0.717, 1.165) is 29.7 Å². The van der Waals surface area contributed by atoms with Gasteiger partial charge in [-0.3, -0.25) is 0 Å². The lowest BCUT2D eigenvalue weighted by Crippen LogP contribution is -2.12. The molecule has 2 rings (SSSR count). The van der Waals surface area contributed by atoms with Crippen molar-refractivity contribution < 1.29 is 4.74 Å². The standard InChI is InChI=1S/C15H19ClN2O/c1-11(2)10-19-8-7-17-14-9-12-5-3-4-6-13(12)15(16)18-14/h3-6,9,11H,7-8,10H2,1-2H3,(H,17,18). The van der Waals surface area contributed by atoms with Gasteiger partial charge < -0.3 is 10.1 Å². The van der Waals surface area contributed by atoms with Gasteiger partial charge in [0.2, 0.25) is 0 Å². The molecule has 0 spiro atoms. The molecule has 0 unspecified atom stereocenters. The molecule has 0 atom stereocenters. The van der Waals surface area contributed by atoms with E-state index in [2.05, 4.69) is 24.1 Å². The van der Waals surface area contributed by atoms with Crippen molar-refractivity contribution in [2.75, 3.05) is 25.1 Å². The first kappa shape index (κ1) is 14.1. The smallest absolute Gasteiger partial charge is 0.139 e. The summed E-state index contributed by atoms with van der Waals surface area (Å²) < 4.78 is 5.51. The predicted molar refractivity (Wildman–Crippen MR) is 80.9 cm³/mol. The number of anilines is 1. The quantitative estimate of drug-likeness (QED) is 0.641. The molecule has 0 fully saturated rings. The normalized spacial score (nSPS) is 11.2. The van der Waals surface area contributed by atoms with Gasteiger partial charge in [0, 0.05) is 18.5 Å². The number of hydrogen-bond donors (Lipinski definition) is 1. The number of halogens is 1. The molecule has 102 valence electrons. The molecule has 0 aliphatic heterocycles. The summed E-state index contributed by atoms with van der Waals surface area (Å²) >= 11 is 6.16. The minimum absolute atomic E-state index is 0.531. The lowest BCUT2D eigenvalue weighted by Gasteiger charge is -2.09. The van der Waals surface area contributed by atoms with Crippen molar-refractivity contribution >= 4 is 28.2 Å². The Bertz CT molecular complexity index is 543. The van der Waals surface area contributed by atoms with Crippen LogP contribution in [0.15, 0.2) is 30.3 Å². The average molecular weight is 279 g/mol. The highest BCUT2D eigenvalue weighted by atomic mass is 35.5. The Balaban J connectivity index is 1.94. The molecule has 0 aliphatic rings. The van der Waals surface area contributed by atoms with Gasteiger partial charge in [0.05, 0.1) is 6.61 Å². The second-order valence-electron chi connectivity index (χ2n) is 4.91. The van der Waals surface area contributed by atoms with Gasteiger partial charge >= 0.3 is 0 Å². The fourth-order valence-corrected chi connectivity index (χ4v) is 2.08. The predicted octanol–water partition coefficient (Wildman–Crippen LogP) is 3.97. The summed E-state index contributed by atoms with van der Waals surface area (Å²) in [6, 6.07) is 9.96. The van der Waals surface area contributed by atoms with Crippen molar-refractivity contribution in [2.24, 2.45) is 5.92 Å². The van der Waals surface area contributed by atoms with E-state index in [-0.39, 0.29) is 0 Å². The van der Waals surface area contributed by atoms with Crippen molar-refractivity contribution in [3.8, 4) is 0 Å². The number of aromatic nitrogens is 1. The van der Waals surface area contributed by atoms with Crippen LogP contribution in [0.25, 0.3) is 10.8 Å². The maximum Gasteiger partial charge on any atom is 0.139 e. The SMILES string of the molecule is CC(C)COCCNc1cc2ccccc2c(Cl)n1. The molecule has 0 aliphatic carbocycles. The highest BCUT2D eigenvalue weighted by Crippen LogP contribution is 2.24. The van der Waals surface area contributed by atoms with Gasteiger partial charge in [0.1, 0.15) is 11.0 Å². The first-order chi connectivity index (χ1) is 9.16. The zero-order valence-electron chi connectivity index (χ0n) is 11.3. The van der Waals surface area contributed by atoms with Crippen LogP contribution >= 0.6 is 11.6 Å². The summed E-state index contributed by atoms with van der Waals surface area (Å²) in [4.78, 5) is 4.33. The van der Waals surface area contributed by atoms with Gasteiger partial charge in [0.15, 0.2) is 0 Å². The van der Waals surface area contributed by atoms with E-state index in [1.807, 2.05) is 30.3 Å². The fourth-order valence-electron chi connectivity index (χ4n) is 1.82. The summed E-state index contributed by atoms with van der Waals surface area (Å²) in [5.41, 5.74) is 0. The first-order valence-electron chi connectivity index (χ1n) is 6.53. The fraction of sp³-hybridized carbons (Fsp3) is 0.400. The van der Waals surface area contributed by atoms with Crippen molar-refractivity contribution in [1.82, 2.24) is 4.98 Å². The van der Waals surface area contributed by atoms with E-state index in [1.165, 1.54) is 0 Å². The Morgan fingerprint density at radius 2 is 2.11 bits per heavy atom. The van der Waals surface area contributed by atoms with E-state index in [0.29, 0.717) is 17.7 Å². The number of nitrogens with one attached hydrogen (secondary N) is 1. The maximum absolute atomic E-state index is 6.16. The van der Waals surface area contributed by atoms with Crippen LogP contribution < -0.4 is 5.32 Å². The third-order valence-electron chi connectivity index (χ3n) is 2.70. The first-order valence-corrected chi connectivity index (χ1v) is 6.91. The summed E-state index contributed by atoms with van der Waals surface area (Å²) in [6.07, 6.45) is 0. The van der Waals surface area contributed by atoms with Crippen molar-refractivity contribution in [2.45, 2.75) is 13.8 Å². The molecule has 0 bridgehead atoms. The van der Waals surface area contributed by atoms with Crippen LogP contribution in [0.1, 0.15) is 13.8 Å². The molecule has 2 aromatic rings. The van der Waals surface area contributed by atoms with Gasteiger partial charge in [-0.2, -0.15) is 0 Å². The van der Waals surface area contributed by atoms with E-state index in [1.54, 1.807) is 0 Å². The van der Waals surface area contributed by atoms with Crippen LogP contribution in [-0.4, -0.2) is 24.7 Å². The largest absolute Gasteiger partial charge is 0.379 e. The van der Waals surface area contributed by atoms with Crippen molar-refractivity contribution in [3.63, 3.8) is 0 Å². The molecular formula is C15H19ClN2O. The highest BCUT2D eigenvalue weighted by Gasteiger charge is 2.03. The summed E-state index contributed by atoms with van der Waals surface area (Å²) in [5.74, 6) is 1.35. The third kappa shape index (κ3) is 4.08. The summed E-state index contributed by atoms with van der Waals surface area (Å²) in [6.45, 7) is 6.46. The molecule has 3 nitrogen and oxygen atoms in total. The van der Waals surface area contributed by atoms with E-state index >= 15 is 0 Å². The summed E-state index contributed by atoms with van der Waals surface area (Å²) in [5, 5.41) is 5.83. The maximum atomic E-state index is 6.16. The zero-order valence-corrected chi connectivity index (χ0v) is 12.1. The van der Waals surface area contributed by atoms with Gasteiger partial charge in [-0.05, 0) is 17.4 Å². The molecule has 1 aromatic carbocycles. The zero-order chi connectivity index (χ0) is 13.7. The average Bonchev–Trinajstić information content (AvgIpc) is 2.38. The lowest BCUT2D eigenvalue weighted by molar-refractivity contribution is 0.118. The van der Waals surface area contributed by atoms with Gasteiger partial charge in [0.25, 0.3) is 0 Å². The molecule has 1 N–H and O–H groups in total. The summed E-state index contributed by atoms with van der Waals surface area (Å²) in [7, 11) is 0. The van der Waals surface area contributed by atoms with Crippen LogP contribution in [0.3, 0.4) is 0 Å².